The van der Waals surface area contributed by atoms with Gasteiger partial charge in [0.2, 0.25) is 5.91 Å². The van der Waals surface area contributed by atoms with Crippen LogP contribution in [0.25, 0.3) is 6.08 Å². The van der Waals surface area contributed by atoms with E-state index in [1.165, 1.54) is 6.92 Å². The summed E-state index contributed by atoms with van der Waals surface area (Å²) in [7, 11) is 0. The number of nitrogens with two attached hydrogens (primary N) is 1. The lowest BCUT2D eigenvalue weighted by atomic mass is 9.97. The number of hydrogen-bond acceptors (Lipinski definition) is 4. The Kier molecular flexibility index (Phi) is 5.90. The van der Waals surface area contributed by atoms with Crippen molar-refractivity contribution in [3.05, 3.63) is 40.1 Å². The van der Waals surface area contributed by atoms with Crippen LogP contribution >= 0.6 is 0 Å². The number of rotatable bonds is 4. The lowest BCUT2D eigenvalue weighted by molar-refractivity contribution is -0.113. The Morgan fingerprint density at radius 1 is 1.12 bits per heavy atom. The number of allylic oxidation sites excluding steroid dienone is 1. The van der Waals surface area contributed by atoms with Crippen molar-refractivity contribution in [3.8, 4) is 0 Å². The van der Waals surface area contributed by atoms with E-state index in [1.807, 2.05) is 0 Å². The van der Waals surface area contributed by atoms with Gasteiger partial charge in [0.25, 0.3) is 0 Å². The van der Waals surface area contributed by atoms with Crippen LogP contribution in [0.3, 0.4) is 0 Å². The van der Waals surface area contributed by atoms with Crippen LogP contribution < -0.4 is 11.1 Å². The Morgan fingerprint density at radius 3 is 2.00 bits per heavy atom. The predicted molar refractivity (Wildman–Crippen MR) is 92.5 cm³/mol. The van der Waals surface area contributed by atoms with Gasteiger partial charge in [-0.1, -0.05) is 0 Å². The molecular weight excluding hydrogens is 308 g/mol. The highest BCUT2D eigenvalue weighted by atomic mass is 16.6. The third-order valence-electron chi connectivity index (χ3n) is 3.18. The van der Waals surface area contributed by atoms with Crippen molar-refractivity contribution in [2.45, 2.75) is 47.1 Å². The number of Topliss-reactive ketones (excluding diaryl/α,β-unsaturated/α-hetero) is 1. The Labute approximate surface area is 142 Å². The van der Waals surface area contributed by atoms with E-state index in [-0.39, 0.29) is 11.5 Å². The molecule has 0 atom stereocenters. The fourth-order valence-corrected chi connectivity index (χ4v) is 2.13. The Balaban J connectivity index is 3.20. The van der Waals surface area contributed by atoms with Gasteiger partial charge in [-0.15, -0.1) is 0 Å². The number of nitrogens with one attached hydrogen (secondary N) is 1. The Bertz CT molecular complexity index is 689. The minimum atomic E-state index is -0.701. The summed E-state index contributed by atoms with van der Waals surface area (Å²) in [6.07, 6.45) is 0.870. The van der Waals surface area contributed by atoms with E-state index in [0.717, 1.165) is 16.7 Å². The topological polar surface area (TPSA) is 98.5 Å². The number of carbonyl (C=O) groups is 3. The molecule has 6 heteroatoms. The van der Waals surface area contributed by atoms with Gasteiger partial charge in [-0.2, -0.15) is 0 Å². The van der Waals surface area contributed by atoms with Gasteiger partial charge in [0, 0.05) is 12.5 Å². The van der Waals surface area contributed by atoms with Crippen LogP contribution in [0.4, 0.5) is 4.79 Å². The second-order valence-electron chi connectivity index (χ2n) is 6.63. The summed E-state index contributed by atoms with van der Waals surface area (Å²) >= 11 is 0. The van der Waals surface area contributed by atoms with Crippen LogP contribution in [0.15, 0.2) is 17.8 Å². The number of benzene rings is 1. The summed E-state index contributed by atoms with van der Waals surface area (Å²) in [4.78, 5) is 35.0. The van der Waals surface area contributed by atoms with E-state index in [0.29, 0.717) is 5.56 Å². The molecule has 0 heterocycles. The lowest BCUT2D eigenvalue weighted by Gasteiger charge is -2.20. The molecule has 1 aromatic rings. The zero-order valence-corrected chi connectivity index (χ0v) is 14.9. The number of amides is 2. The first-order chi connectivity index (χ1) is 10.9. The molecule has 1 rings (SSSR count). The number of hydrogen-bond donors (Lipinski definition) is 2. The molecule has 0 fully saturated rings. The minimum Gasteiger partial charge on any atom is -0.444 e. The fraction of sp³-hybridized carbons (Fsp3) is 0.389. The number of alkyl carbamates (subject to hydrolysis) is 1. The van der Waals surface area contributed by atoms with Crippen LogP contribution in [0.2, 0.25) is 0 Å². The van der Waals surface area contributed by atoms with Crippen molar-refractivity contribution in [2.75, 3.05) is 0 Å². The van der Waals surface area contributed by atoms with Crippen LogP contribution in [-0.4, -0.2) is 23.4 Å². The first-order valence-electron chi connectivity index (χ1n) is 7.54. The molecule has 0 saturated carbocycles. The van der Waals surface area contributed by atoms with Gasteiger partial charge in [0.05, 0.1) is 5.70 Å². The molecular formula is C18H24N2O4. The van der Waals surface area contributed by atoms with Crippen molar-refractivity contribution in [2.24, 2.45) is 5.73 Å². The summed E-state index contributed by atoms with van der Waals surface area (Å²) in [6, 6.07) is 3.29. The van der Waals surface area contributed by atoms with Crippen LogP contribution in [0.5, 0.6) is 0 Å². The average Bonchev–Trinajstić information content (AvgIpc) is 2.38. The maximum absolute atomic E-state index is 11.9. The molecule has 0 unspecified atom stereocenters. The first kappa shape index (κ1) is 19.4. The lowest BCUT2D eigenvalue weighted by Crippen LogP contribution is -2.33. The molecule has 2 amide bonds. The van der Waals surface area contributed by atoms with E-state index < -0.39 is 17.6 Å². The Morgan fingerprint density at radius 2 is 1.62 bits per heavy atom. The van der Waals surface area contributed by atoms with Crippen molar-refractivity contribution >= 4 is 23.9 Å². The highest BCUT2D eigenvalue weighted by Crippen LogP contribution is 2.20. The van der Waals surface area contributed by atoms with E-state index >= 15 is 0 Å². The van der Waals surface area contributed by atoms with E-state index in [2.05, 4.69) is 5.32 Å². The van der Waals surface area contributed by atoms with Crippen molar-refractivity contribution < 1.29 is 19.1 Å². The van der Waals surface area contributed by atoms with Gasteiger partial charge in [0.1, 0.15) is 5.60 Å². The number of aryl methyl sites for hydroxylation is 2. The highest BCUT2D eigenvalue weighted by Gasteiger charge is 2.18. The van der Waals surface area contributed by atoms with Crippen molar-refractivity contribution in [3.63, 3.8) is 0 Å². The van der Waals surface area contributed by atoms with Crippen LogP contribution in [-0.2, 0) is 9.53 Å². The second-order valence-corrected chi connectivity index (χ2v) is 6.63. The number of primary amides is 1. The van der Waals surface area contributed by atoms with Gasteiger partial charge in [-0.25, -0.2) is 4.79 Å². The summed E-state index contributed by atoms with van der Waals surface area (Å²) in [5.74, 6) is -0.825. The SMILES string of the molecule is CC(=O)/C(=C/c1c(C)cc(C(N)=O)cc1C)NC(=O)OC(C)(C)C. The average molecular weight is 332 g/mol. The molecule has 0 aliphatic heterocycles. The molecule has 24 heavy (non-hydrogen) atoms. The summed E-state index contributed by atoms with van der Waals surface area (Å²) in [5, 5.41) is 2.47. The fourth-order valence-electron chi connectivity index (χ4n) is 2.13. The molecule has 0 bridgehead atoms. The van der Waals surface area contributed by atoms with Gasteiger partial charge in [-0.3, -0.25) is 14.9 Å². The van der Waals surface area contributed by atoms with Gasteiger partial charge < -0.3 is 10.5 Å². The van der Waals surface area contributed by atoms with E-state index in [1.54, 1.807) is 52.8 Å². The normalized spacial score (nSPS) is 11.8. The molecule has 6 nitrogen and oxygen atoms in total. The highest BCUT2D eigenvalue weighted by molar-refractivity contribution is 6.01. The van der Waals surface area contributed by atoms with Crippen LogP contribution in [0.1, 0.15) is 54.7 Å². The van der Waals surface area contributed by atoms with Crippen molar-refractivity contribution in [1.29, 1.82) is 0 Å². The molecule has 0 aromatic heterocycles. The first-order valence-corrected chi connectivity index (χ1v) is 7.54. The monoisotopic (exact) mass is 332 g/mol. The molecule has 0 aliphatic rings. The maximum atomic E-state index is 11.9. The number of ether oxygens (including phenoxy) is 1. The van der Waals surface area contributed by atoms with Gasteiger partial charge in [-0.05, 0) is 69.5 Å². The molecule has 0 saturated heterocycles. The molecule has 130 valence electrons. The molecule has 0 spiro atoms. The number of ketones is 1. The van der Waals surface area contributed by atoms with E-state index in [4.69, 9.17) is 10.5 Å². The maximum Gasteiger partial charge on any atom is 0.412 e. The number of carbonyl (C=O) groups excluding carboxylic acids is 3. The summed E-state index contributed by atoms with van der Waals surface area (Å²) < 4.78 is 5.16. The smallest absolute Gasteiger partial charge is 0.412 e. The molecule has 1 aromatic carbocycles. The van der Waals surface area contributed by atoms with Gasteiger partial charge in [0.15, 0.2) is 5.78 Å². The quantitative estimate of drug-likeness (QED) is 0.828. The third-order valence-corrected chi connectivity index (χ3v) is 3.18. The second kappa shape index (κ2) is 7.29. The van der Waals surface area contributed by atoms with Crippen LogP contribution in [0, 0.1) is 13.8 Å². The molecule has 3 N–H and O–H groups in total. The predicted octanol–water partition coefficient (Wildman–Crippen LogP) is 2.86. The standard InChI is InChI=1S/C18H24N2O4/c1-10-7-13(16(19)22)8-11(2)14(10)9-15(12(3)21)20-17(23)24-18(4,5)6/h7-9H,1-6H3,(H2,19,22)(H,20,23)/b15-9-. The molecule has 0 radical (unpaired) electrons. The largest absolute Gasteiger partial charge is 0.444 e. The summed E-state index contributed by atoms with van der Waals surface area (Å²) in [6.45, 7) is 10.2. The molecule has 0 aliphatic carbocycles. The van der Waals surface area contributed by atoms with E-state index in [9.17, 15) is 14.4 Å². The third kappa shape index (κ3) is 5.53. The van der Waals surface area contributed by atoms with Gasteiger partial charge >= 0.3 is 6.09 Å². The zero-order valence-electron chi connectivity index (χ0n) is 14.9. The Hall–Kier alpha value is -2.63. The van der Waals surface area contributed by atoms with Crippen molar-refractivity contribution in [1.82, 2.24) is 5.32 Å². The minimum absolute atomic E-state index is 0.113. The zero-order chi connectivity index (χ0) is 18.7. The summed E-state index contributed by atoms with van der Waals surface area (Å²) in [5.41, 5.74) is 7.42.